The van der Waals surface area contributed by atoms with Crippen molar-refractivity contribution in [1.82, 2.24) is 9.55 Å². The van der Waals surface area contributed by atoms with Gasteiger partial charge in [0.25, 0.3) is 0 Å². The largest absolute Gasteiger partial charge is 0.305 e. The molecule has 0 unspecified atom stereocenters. The second-order valence-electron chi connectivity index (χ2n) is 2.57. The highest BCUT2D eigenvalue weighted by atomic mass is 79.9. The van der Waals surface area contributed by atoms with Crippen molar-refractivity contribution in [3.63, 3.8) is 0 Å². The Morgan fingerprint density at radius 1 is 1.38 bits per heavy atom. The Kier molecular flexibility index (Phi) is 2.38. The van der Waals surface area contributed by atoms with Crippen molar-refractivity contribution in [3.05, 3.63) is 46.4 Å². The molecular weight excluding hydrogens is 251 g/mol. The summed E-state index contributed by atoms with van der Waals surface area (Å²) in [5.74, 6) is 0. The van der Waals surface area contributed by atoms with Crippen molar-refractivity contribution in [2.45, 2.75) is 0 Å². The molecule has 0 radical (unpaired) electrons. The maximum Gasteiger partial charge on any atom is 0.0992 e. The summed E-state index contributed by atoms with van der Waals surface area (Å²) in [6, 6.07) is 5.74. The molecule has 2 nitrogen and oxygen atoms in total. The lowest BCUT2D eigenvalue weighted by molar-refractivity contribution is 1.06. The van der Waals surface area contributed by atoms with E-state index in [1.807, 2.05) is 29.0 Å². The molecule has 4 heteroatoms. The van der Waals surface area contributed by atoms with Crippen LogP contribution in [-0.4, -0.2) is 9.55 Å². The van der Waals surface area contributed by atoms with E-state index in [1.165, 1.54) is 0 Å². The van der Waals surface area contributed by atoms with E-state index in [0.29, 0.717) is 5.02 Å². The molecule has 0 bridgehead atoms. The minimum atomic E-state index is 0.701. The van der Waals surface area contributed by atoms with Crippen LogP contribution in [0.15, 0.2) is 41.4 Å². The Labute approximate surface area is 89.3 Å². The Hall–Kier alpha value is -0.800. The van der Waals surface area contributed by atoms with Crippen LogP contribution in [-0.2, 0) is 0 Å². The summed E-state index contributed by atoms with van der Waals surface area (Å²) in [5.41, 5.74) is 0.933. The first-order valence-corrected chi connectivity index (χ1v) is 4.88. The van der Waals surface area contributed by atoms with Crippen LogP contribution in [0.25, 0.3) is 5.69 Å². The molecule has 13 heavy (non-hydrogen) atoms. The van der Waals surface area contributed by atoms with Crippen molar-refractivity contribution in [3.8, 4) is 5.69 Å². The second kappa shape index (κ2) is 3.52. The number of rotatable bonds is 1. The molecule has 66 valence electrons. The van der Waals surface area contributed by atoms with Crippen LogP contribution in [0.4, 0.5) is 0 Å². The summed E-state index contributed by atoms with van der Waals surface area (Å²) >= 11 is 9.39. The van der Waals surface area contributed by atoms with Crippen LogP contribution in [0.3, 0.4) is 0 Å². The topological polar surface area (TPSA) is 17.8 Å². The number of hydrogen-bond acceptors (Lipinski definition) is 1. The van der Waals surface area contributed by atoms with Gasteiger partial charge in [-0.25, -0.2) is 4.98 Å². The van der Waals surface area contributed by atoms with Crippen LogP contribution in [0.5, 0.6) is 0 Å². The molecule has 0 saturated heterocycles. The summed E-state index contributed by atoms with van der Waals surface area (Å²) in [6.45, 7) is 0. The standard InChI is InChI=1S/C9H6BrClN2/c10-7-1-2-9(8(11)5-7)13-4-3-12-6-13/h1-6H. The number of hydrogen-bond donors (Lipinski definition) is 0. The second-order valence-corrected chi connectivity index (χ2v) is 3.89. The van der Waals surface area contributed by atoms with E-state index in [2.05, 4.69) is 20.9 Å². The van der Waals surface area contributed by atoms with Crippen molar-refractivity contribution in [1.29, 1.82) is 0 Å². The monoisotopic (exact) mass is 256 g/mol. The quantitative estimate of drug-likeness (QED) is 0.766. The summed E-state index contributed by atoms with van der Waals surface area (Å²) < 4.78 is 2.84. The normalized spacial score (nSPS) is 10.3. The minimum Gasteiger partial charge on any atom is -0.305 e. The van der Waals surface area contributed by atoms with Gasteiger partial charge in [0.15, 0.2) is 0 Å². The van der Waals surface area contributed by atoms with Gasteiger partial charge in [-0.05, 0) is 18.2 Å². The lowest BCUT2D eigenvalue weighted by atomic mass is 10.3. The van der Waals surface area contributed by atoms with Crippen molar-refractivity contribution in [2.75, 3.05) is 0 Å². The fraction of sp³-hybridized carbons (Fsp3) is 0. The Morgan fingerprint density at radius 3 is 2.85 bits per heavy atom. The highest BCUT2D eigenvalue weighted by Crippen LogP contribution is 2.24. The third-order valence-electron chi connectivity index (χ3n) is 1.69. The van der Waals surface area contributed by atoms with Gasteiger partial charge in [0, 0.05) is 16.9 Å². The van der Waals surface area contributed by atoms with Gasteiger partial charge < -0.3 is 4.57 Å². The summed E-state index contributed by atoms with van der Waals surface area (Å²) in [4.78, 5) is 3.95. The lowest BCUT2D eigenvalue weighted by Crippen LogP contribution is -1.90. The average Bonchev–Trinajstić information content (AvgIpc) is 2.56. The highest BCUT2D eigenvalue weighted by molar-refractivity contribution is 9.10. The Morgan fingerprint density at radius 2 is 2.23 bits per heavy atom. The zero-order valence-corrected chi connectivity index (χ0v) is 8.96. The number of aromatic nitrogens is 2. The van der Waals surface area contributed by atoms with E-state index in [-0.39, 0.29) is 0 Å². The SMILES string of the molecule is Clc1cc(Br)ccc1-n1ccnc1. The van der Waals surface area contributed by atoms with E-state index in [4.69, 9.17) is 11.6 Å². The third kappa shape index (κ3) is 1.76. The van der Waals surface area contributed by atoms with Crippen molar-refractivity contribution >= 4 is 27.5 Å². The number of benzene rings is 1. The zero-order valence-electron chi connectivity index (χ0n) is 6.61. The van der Waals surface area contributed by atoms with Crippen LogP contribution in [0.1, 0.15) is 0 Å². The van der Waals surface area contributed by atoms with Gasteiger partial charge >= 0.3 is 0 Å². The molecule has 0 atom stereocenters. The lowest BCUT2D eigenvalue weighted by Gasteiger charge is -2.04. The Balaban J connectivity index is 2.53. The average molecular weight is 258 g/mol. The fourth-order valence-electron chi connectivity index (χ4n) is 1.09. The maximum absolute atomic E-state index is 6.04. The molecule has 0 amide bonds. The van der Waals surface area contributed by atoms with E-state index >= 15 is 0 Å². The molecule has 1 aromatic carbocycles. The molecule has 0 aliphatic rings. The molecule has 1 aromatic heterocycles. The maximum atomic E-state index is 6.04. The molecule has 0 aliphatic carbocycles. The zero-order chi connectivity index (χ0) is 9.26. The fourth-order valence-corrected chi connectivity index (χ4v) is 1.86. The molecule has 0 saturated carbocycles. The summed E-state index contributed by atoms with van der Waals surface area (Å²) in [6.07, 6.45) is 5.29. The van der Waals surface area contributed by atoms with Gasteiger partial charge in [0.2, 0.25) is 0 Å². The molecular formula is C9H6BrClN2. The van der Waals surface area contributed by atoms with Gasteiger partial charge in [0.1, 0.15) is 0 Å². The predicted molar refractivity (Wildman–Crippen MR) is 56.3 cm³/mol. The molecule has 0 fully saturated rings. The third-order valence-corrected chi connectivity index (χ3v) is 2.49. The van der Waals surface area contributed by atoms with Crippen LogP contribution >= 0.6 is 27.5 Å². The van der Waals surface area contributed by atoms with E-state index < -0.39 is 0 Å². The summed E-state index contributed by atoms with van der Waals surface area (Å²) in [7, 11) is 0. The molecule has 0 spiro atoms. The van der Waals surface area contributed by atoms with Gasteiger partial charge in [-0.1, -0.05) is 27.5 Å². The van der Waals surface area contributed by atoms with Crippen molar-refractivity contribution in [2.24, 2.45) is 0 Å². The number of nitrogens with zero attached hydrogens (tertiary/aromatic N) is 2. The van der Waals surface area contributed by atoms with Gasteiger partial charge in [-0.2, -0.15) is 0 Å². The number of imidazole rings is 1. The van der Waals surface area contributed by atoms with Crippen LogP contribution in [0, 0.1) is 0 Å². The van der Waals surface area contributed by atoms with E-state index in [9.17, 15) is 0 Å². The predicted octanol–water partition coefficient (Wildman–Crippen LogP) is 3.29. The summed E-state index contributed by atoms with van der Waals surface area (Å²) in [5, 5.41) is 0.701. The molecule has 0 N–H and O–H groups in total. The van der Waals surface area contributed by atoms with Crippen LogP contribution < -0.4 is 0 Å². The first kappa shape index (κ1) is 8.78. The van der Waals surface area contributed by atoms with E-state index in [0.717, 1.165) is 10.2 Å². The highest BCUT2D eigenvalue weighted by Gasteiger charge is 2.01. The van der Waals surface area contributed by atoms with Crippen LogP contribution in [0.2, 0.25) is 5.02 Å². The van der Waals surface area contributed by atoms with Gasteiger partial charge in [-0.3, -0.25) is 0 Å². The first-order valence-electron chi connectivity index (χ1n) is 3.71. The van der Waals surface area contributed by atoms with Crippen molar-refractivity contribution < 1.29 is 0 Å². The molecule has 1 heterocycles. The smallest absolute Gasteiger partial charge is 0.0992 e. The first-order chi connectivity index (χ1) is 6.27. The van der Waals surface area contributed by atoms with Gasteiger partial charge in [-0.15, -0.1) is 0 Å². The molecule has 0 aliphatic heterocycles. The van der Waals surface area contributed by atoms with E-state index in [1.54, 1.807) is 12.5 Å². The Bertz CT molecular complexity index is 412. The number of halogens is 2. The minimum absolute atomic E-state index is 0.701. The van der Waals surface area contributed by atoms with Gasteiger partial charge in [0.05, 0.1) is 17.0 Å². The molecule has 2 rings (SSSR count). The molecule has 2 aromatic rings.